The number of hydrogen-bond donors (Lipinski definition) is 2. The summed E-state index contributed by atoms with van der Waals surface area (Å²) in [4.78, 5) is 11.8. The molecule has 0 aliphatic carbocycles. The molecule has 5 nitrogen and oxygen atoms in total. The maximum atomic E-state index is 11.0. The van der Waals surface area contributed by atoms with Gasteiger partial charge in [-0.2, -0.15) is 0 Å². The Labute approximate surface area is 121 Å². The van der Waals surface area contributed by atoms with Gasteiger partial charge in [0.05, 0.1) is 4.92 Å². The van der Waals surface area contributed by atoms with Crippen molar-refractivity contribution in [1.82, 2.24) is 0 Å². The van der Waals surface area contributed by atoms with Crippen molar-refractivity contribution in [1.29, 1.82) is 0 Å². The molecule has 0 aliphatic rings. The van der Waals surface area contributed by atoms with Crippen molar-refractivity contribution in [3.63, 3.8) is 0 Å². The topological polar surface area (TPSA) is 67.2 Å². The smallest absolute Gasteiger partial charge is 0.273 e. The van der Waals surface area contributed by atoms with Crippen LogP contribution in [0.5, 0.6) is 0 Å². The van der Waals surface area contributed by atoms with Crippen LogP contribution in [0.15, 0.2) is 35.7 Å². The van der Waals surface area contributed by atoms with Crippen molar-refractivity contribution in [2.24, 2.45) is 0 Å². The zero-order valence-electron chi connectivity index (χ0n) is 11.3. The third-order valence-corrected chi connectivity index (χ3v) is 3.63. The Morgan fingerprint density at radius 1 is 1.25 bits per heavy atom. The van der Waals surface area contributed by atoms with E-state index in [2.05, 4.69) is 17.6 Å². The van der Waals surface area contributed by atoms with E-state index in [1.165, 1.54) is 4.88 Å². The second-order valence-corrected chi connectivity index (χ2v) is 5.42. The van der Waals surface area contributed by atoms with Crippen molar-refractivity contribution >= 4 is 28.4 Å². The van der Waals surface area contributed by atoms with Gasteiger partial charge in [0.1, 0.15) is 0 Å². The monoisotopic (exact) mass is 291 g/mol. The van der Waals surface area contributed by atoms with Crippen molar-refractivity contribution in [2.45, 2.75) is 19.9 Å². The Kier molecular flexibility index (Phi) is 4.95. The molecule has 0 bridgehead atoms. The molecule has 0 fully saturated rings. The highest BCUT2D eigenvalue weighted by atomic mass is 32.1. The molecule has 0 saturated heterocycles. The first kappa shape index (κ1) is 14.3. The van der Waals surface area contributed by atoms with E-state index in [1.807, 2.05) is 23.6 Å². The molecule has 2 rings (SSSR count). The lowest BCUT2D eigenvalue weighted by atomic mass is 10.2. The van der Waals surface area contributed by atoms with Gasteiger partial charge in [-0.3, -0.25) is 10.1 Å². The van der Waals surface area contributed by atoms with Crippen molar-refractivity contribution < 1.29 is 4.92 Å². The van der Waals surface area contributed by atoms with Gasteiger partial charge in [-0.05, 0) is 23.9 Å². The van der Waals surface area contributed by atoms with Crippen molar-refractivity contribution in [3.8, 4) is 0 Å². The molecule has 2 N–H and O–H groups in total. The largest absolute Gasteiger partial charge is 0.385 e. The van der Waals surface area contributed by atoms with Crippen molar-refractivity contribution in [2.75, 3.05) is 17.2 Å². The van der Waals surface area contributed by atoms with Gasteiger partial charge in [0.15, 0.2) is 0 Å². The van der Waals surface area contributed by atoms with Crippen LogP contribution in [0.25, 0.3) is 0 Å². The summed E-state index contributed by atoms with van der Waals surface area (Å²) in [7, 11) is 0. The van der Waals surface area contributed by atoms with E-state index in [-0.39, 0.29) is 10.6 Å². The zero-order chi connectivity index (χ0) is 14.4. The highest BCUT2D eigenvalue weighted by Crippen LogP contribution is 2.25. The molecule has 106 valence electrons. The van der Waals surface area contributed by atoms with E-state index in [9.17, 15) is 10.1 Å². The SMILES string of the molecule is CCCNc1cc(NCc2cccs2)cc([N+](=O)[O-])c1. The molecule has 1 heterocycles. The molecule has 20 heavy (non-hydrogen) atoms. The summed E-state index contributed by atoms with van der Waals surface area (Å²) in [5.74, 6) is 0. The zero-order valence-corrected chi connectivity index (χ0v) is 12.1. The first-order valence-electron chi connectivity index (χ1n) is 6.48. The molecule has 0 saturated carbocycles. The molecular formula is C14H17N3O2S. The Morgan fingerprint density at radius 2 is 2.00 bits per heavy atom. The molecule has 1 aromatic heterocycles. The van der Waals surface area contributed by atoms with Crippen LogP contribution in [-0.4, -0.2) is 11.5 Å². The molecule has 0 spiro atoms. The Morgan fingerprint density at radius 3 is 2.60 bits per heavy atom. The van der Waals surface area contributed by atoms with Crippen molar-refractivity contribution in [3.05, 3.63) is 50.7 Å². The third kappa shape index (κ3) is 3.96. The van der Waals surface area contributed by atoms with Crippen LogP contribution in [0.2, 0.25) is 0 Å². The predicted octanol–water partition coefficient (Wildman–Crippen LogP) is 4.09. The second kappa shape index (κ2) is 6.91. The van der Waals surface area contributed by atoms with E-state index in [4.69, 9.17) is 0 Å². The van der Waals surface area contributed by atoms with Gasteiger partial charge in [0.2, 0.25) is 0 Å². The summed E-state index contributed by atoms with van der Waals surface area (Å²) < 4.78 is 0. The van der Waals surface area contributed by atoms with Gasteiger partial charge in [-0.25, -0.2) is 0 Å². The molecule has 0 radical (unpaired) electrons. The number of rotatable bonds is 7. The molecular weight excluding hydrogens is 274 g/mol. The van der Waals surface area contributed by atoms with Gasteiger partial charge in [-0.15, -0.1) is 11.3 Å². The minimum Gasteiger partial charge on any atom is -0.385 e. The Hall–Kier alpha value is -2.08. The van der Waals surface area contributed by atoms with Gasteiger partial charge in [0, 0.05) is 41.5 Å². The first-order valence-corrected chi connectivity index (χ1v) is 7.36. The lowest BCUT2D eigenvalue weighted by molar-refractivity contribution is -0.384. The fourth-order valence-electron chi connectivity index (χ4n) is 1.79. The molecule has 0 aliphatic heterocycles. The van der Waals surface area contributed by atoms with Crippen LogP contribution in [0.3, 0.4) is 0 Å². The van der Waals surface area contributed by atoms with Crippen LogP contribution in [0, 0.1) is 10.1 Å². The maximum absolute atomic E-state index is 11.0. The number of nitrogens with one attached hydrogen (secondary N) is 2. The first-order chi connectivity index (χ1) is 9.69. The standard InChI is InChI=1S/C14H17N3O2S/c1-2-5-15-11-7-12(9-13(8-11)17(18)19)16-10-14-4-3-6-20-14/h3-4,6-9,15-16H,2,5,10H2,1H3. The minimum absolute atomic E-state index is 0.0970. The maximum Gasteiger partial charge on any atom is 0.273 e. The molecule has 0 unspecified atom stereocenters. The number of non-ortho nitro benzene ring substituents is 1. The van der Waals surface area contributed by atoms with Crippen LogP contribution in [0.1, 0.15) is 18.2 Å². The van der Waals surface area contributed by atoms with E-state index in [1.54, 1.807) is 23.5 Å². The highest BCUT2D eigenvalue weighted by molar-refractivity contribution is 7.09. The van der Waals surface area contributed by atoms with E-state index in [0.717, 1.165) is 24.3 Å². The van der Waals surface area contributed by atoms with Crippen LogP contribution >= 0.6 is 11.3 Å². The fraction of sp³-hybridized carbons (Fsp3) is 0.286. The summed E-state index contributed by atoms with van der Waals surface area (Å²) in [6.45, 7) is 3.53. The van der Waals surface area contributed by atoms with Crippen LogP contribution in [-0.2, 0) is 6.54 Å². The number of anilines is 2. The Bertz CT molecular complexity index is 570. The molecule has 0 atom stereocenters. The summed E-state index contributed by atoms with van der Waals surface area (Å²) >= 11 is 1.66. The second-order valence-electron chi connectivity index (χ2n) is 4.39. The average Bonchev–Trinajstić information content (AvgIpc) is 2.96. The lowest BCUT2D eigenvalue weighted by Gasteiger charge is -2.09. The number of nitrogens with zero attached hydrogens (tertiary/aromatic N) is 1. The minimum atomic E-state index is -0.368. The highest BCUT2D eigenvalue weighted by Gasteiger charge is 2.09. The average molecular weight is 291 g/mol. The normalized spacial score (nSPS) is 10.2. The third-order valence-electron chi connectivity index (χ3n) is 2.75. The Balaban J connectivity index is 2.13. The molecule has 1 aromatic carbocycles. The summed E-state index contributed by atoms with van der Waals surface area (Å²) in [6.07, 6.45) is 0.973. The predicted molar refractivity (Wildman–Crippen MR) is 83.5 cm³/mol. The van der Waals surface area contributed by atoms with Crippen LogP contribution < -0.4 is 10.6 Å². The van der Waals surface area contributed by atoms with Gasteiger partial charge in [-0.1, -0.05) is 13.0 Å². The van der Waals surface area contributed by atoms with Gasteiger partial charge < -0.3 is 10.6 Å². The lowest BCUT2D eigenvalue weighted by Crippen LogP contribution is -2.03. The summed E-state index contributed by atoms with van der Waals surface area (Å²) in [6, 6.07) is 9.04. The van der Waals surface area contributed by atoms with Crippen LogP contribution in [0.4, 0.5) is 17.1 Å². The molecule has 6 heteroatoms. The van der Waals surface area contributed by atoms with Gasteiger partial charge >= 0.3 is 0 Å². The van der Waals surface area contributed by atoms with E-state index >= 15 is 0 Å². The van der Waals surface area contributed by atoms with E-state index < -0.39 is 0 Å². The molecule has 0 amide bonds. The number of hydrogen-bond acceptors (Lipinski definition) is 5. The van der Waals surface area contributed by atoms with Gasteiger partial charge in [0.25, 0.3) is 5.69 Å². The quantitative estimate of drug-likeness (QED) is 0.595. The number of nitro benzene ring substituents is 1. The molecule has 2 aromatic rings. The summed E-state index contributed by atoms with van der Waals surface area (Å²) in [5.41, 5.74) is 1.63. The number of nitro groups is 1. The summed E-state index contributed by atoms with van der Waals surface area (Å²) in [5, 5.41) is 19.4. The van der Waals surface area contributed by atoms with E-state index in [0.29, 0.717) is 6.54 Å². The number of thiophene rings is 1. The number of benzene rings is 1. The fourth-order valence-corrected chi connectivity index (χ4v) is 2.44.